The maximum atomic E-state index is 14.0. The number of alkyl carbamates (subject to hydrolysis) is 1. The fraction of sp³-hybridized carbons (Fsp3) is 0.448. The number of phenolic OH excluding ortho intramolecular Hbond substituents is 1. The van der Waals surface area contributed by atoms with Crippen LogP contribution < -0.4 is 10.6 Å². The highest BCUT2D eigenvalue weighted by molar-refractivity contribution is 5.92. The lowest BCUT2D eigenvalue weighted by molar-refractivity contribution is -0.144. The minimum absolute atomic E-state index is 0.00291. The molecule has 3 N–H and O–H groups in total. The third kappa shape index (κ3) is 10.3. The molecule has 0 saturated heterocycles. The number of nitrogens with zero attached hydrogens (tertiary/aromatic N) is 1. The number of hydrogen-bond acceptors (Lipinski definition) is 7. The van der Waals surface area contributed by atoms with Crippen LogP contribution in [0, 0.1) is 0 Å². The van der Waals surface area contributed by atoms with Crippen LogP contribution in [0.5, 0.6) is 5.75 Å². The standard InChI is InChI=1S/C29H39N3O7/c1-6-32(25(21-13-15-22(33)16-14-21)26(35)30-18-17-24(34)38-7-2)27(36)23(19-20-11-9-8-10-12-20)31-28(37)39-29(3,4)5/h8-16,23,25,33H,6-7,17-19H2,1-5H3,(H,30,35)(H,31,37). The van der Waals surface area contributed by atoms with Crippen molar-refractivity contribution in [1.29, 1.82) is 0 Å². The van der Waals surface area contributed by atoms with E-state index >= 15 is 0 Å². The Morgan fingerprint density at radius 2 is 1.62 bits per heavy atom. The highest BCUT2D eigenvalue weighted by atomic mass is 16.6. The maximum absolute atomic E-state index is 14.0. The van der Waals surface area contributed by atoms with E-state index < -0.39 is 41.6 Å². The Hall–Kier alpha value is -4.08. The van der Waals surface area contributed by atoms with Gasteiger partial charge in [-0.1, -0.05) is 42.5 Å². The SMILES string of the molecule is CCOC(=O)CCNC(=O)C(c1ccc(O)cc1)N(CC)C(=O)C(Cc1ccccc1)NC(=O)OC(C)(C)C. The molecule has 39 heavy (non-hydrogen) atoms. The number of phenols is 1. The van der Waals surface area contributed by atoms with Crippen LogP contribution in [0.2, 0.25) is 0 Å². The Bertz CT molecular complexity index is 1100. The zero-order valence-corrected chi connectivity index (χ0v) is 23.2. The number of nitrogens with one attached hydrogen (secondary N) is 2. The number of amides is 3. The average molecular weight is 542 g/mol. The smallest absolute Gasteiger partial charge is 0.408 e. The van der Waals surface area contributed by atoms with E-state index in [1.54, 1.807) is 46.8 Å². The Kier molecular flexibility index (Phi) is 11.8. The highest BCUT2D eigenvalue weighted by Gasteiger charge is 2.35. The van der Waals surface area contributed by atoms with Crippen molar-refractivity contribution in [2.24, 2.45) is 0 Å². The lowest BCUT2D eigenvalue weighted by Gasteiger charge is -2.34. The van der Waals surface area contributed by atoms with Gasteiger partial charge < -0.3 is 30.1 Å². The molecular formula is C29H39N3O7. The number of ether oxygens (including phenoxy) is 2. The summed E-state index contributed by atoms with van der Waals surface area (Å²) in [6.07, 6.45) is -0.617. The second-order valence-electron chi connectivity index (χ2n) is 9.85. The second kappa shape index (κ2) is 14.8. The molecule has 0 aromatic heterocycles. The minimum atomic E-state index is -1.09. The van der Waals surface area contributed by atoms with Crippen LogP contribution in [0.15, 0.2) is 54.6 Å². The Balaban J connectivity index is 2.38. The van der Waals surface area contributed by atoms with Crippen LogP contribution >= 0.6 is 0 Å². The van der Waals surface area contributed by atoms with Gasteiger partial charge in [-0.05, 0) is 57.9 Å². The van der Waals surface area contributed by atoms with Crippen molar-refractivity contribution in [1.82, 2.24) is 15.5 Å². The molecule has 10 nitrogen and oxygen atoms in total. The van der Waals surface area contributed by atoms with Crippen molar-refractivity contribution in [3.63, 3.8) is 0 Å². The van der Waals surface area contributed by atoms with E-state index in [4.69, 9.17) is 9.47 Å². The third-order valence-corrected chi connectivity index (χ3v) is 5.60. The van der Waals surface area contributed by atoms with Gasteiger partial charge in [-0.25, -0.2) is 4.79 Å². The molecule has 0 spiro atoms. The van der Waals surface area contributed by atoms with Crippen LogP contribution in [0.1, 0.15) is 58.2 Å². The van der Waals surface area contributed by atoms with Gasteiger partial charge in [-0.15, -0.1) is 0 Å². The normalized spacial score (nSPS) is 12.5. The molecule has 0 aliphatic heterocycles. The molecule has 0 radical (unpaired) electrons. The molecule has 2 aromatic carbocycles. The monoisotopic (exact) mass is 541 g/mol. The van der Waals surface area contributed by atoms with Crippen LogP contribution in [0.3, 0.4) is 0 Å². The summed E-state index contributed by atoms with van der Waals surface area (Å²) in [7, 11) is 0. The van der Waals surface area contributed by atoms with Crippen molar-refractivity contribution in [2.75, 3.05) is 19.7 Å². The predicted octanol–water partition coefficient (Wildman–Crippen LogP) is 3.49. The number of rotatable bonds is 12. The van der Waals surface area contributed by atoms with Crippen molar-refractivity contribution in [3.05, 3.63) is 65.7 Å². The number of hydrogen-bond donors (Lipinski definition) is 3. The van der Waals surface area contributed by atoms with Crippen LogP contribution in [0.25, 0.3) is 0 Å². The molecule has 2 rings (SSSR count). The molecule has 2 aromatic rings. The maximum Gasteiger partial charge on any atom is 0.408 e. The Morgan fingerprint density at radius 1 is 0.974 bits per heavy atom. The fourth-order valence-corrected chi connectivity index (χ4v) is 3.91. The van der Waals surface area contributed by atoms with Crippen LogP contribution in [-0.2, 0) is 30.3 Å². The molecule has 0 saturated carbocycles. The third-order valence-electron chi connectivity index (χ3n) is 5.60. The number of benzene rings is 2. The van der Waals surface area contributed by atoms with E-state index in [0.29, 0.717) is 5.56 Å². The van der Waals surface area contributed by atoms with Crippen molar-refractivity contribution in [2.45, 2.75) is 65.1 Å². The highest BCUT2D eigenvalue weighted by Crippen LogP contribution is 2.25. The topological polar surface area (TPSA) is 134 Å². The van der Waals surface area contributed by atoms with Gasteiger partial charge in [0, 0.05) is 19.5 Å². The minimum Gasteiger partial charge on any atom is -0.508 e. The van der Waals surface area contributed by atoms with Gasteiger partial charge in [0.2, 0.25) is 11.8 Å². The molecule has 3 amide bonds. The molecule has 2 unspecified atom stereocenters. The summed E-state index contributed by atoms with van der Waals surface area (Å²) in [4.78, 5) is 53.2. The Morgan fingerprint density at radius 3 is 2.18 bits per heavy atom. The summed E-state index contributed by atoms with van der Waals surface area (Å²) in [5.41, 5.74) is 0.484. The number of esters is 1. The molecule has 0 fully saturated rings. The number of carbonyl (C=O) groups is 4. The summed E-state index contributed by atoms with van der Waals surface area (Å²) in [5.74, 6) is -1.46. The zero-order chi connectivity index (χ0) is 29.0. The van der Waals surface area contributed by atoms with E-state index in [-0.39, 0.29) is 38.3 Å². The van der Waals surface area contributed by atoms with E-state index in [9.17, 15) is 24.3 Å². The summed E-state index contributed by atoms with van der Waals surface area (Å²) < 4.78 is 10.3. The number of likely N-dealkylation sites (N-methyl/N-ethyl adjacent to an activating group) is 1. The first-order chi connectivity index (χ1) is 18.4. The molecule has 212 valence electrons. The largest absolute Gasteiger partial charge is 0.508 e. The van der Waals surface area contributed by atoms with E-state index in [1.165, 1.54) is 17.0 Å². The first-order valence-electron chi connectivity index (χ1n) is 13.0. The quantitative estimate of drug-likeness (QED) is 0.350. The van der Waals surface area contributed by atoms with Gasteiger partial charge in [0.25, 0.3) is 0 Å². The number of carbonyl (C=O) groups excluding carboxylic acids is 4. The lowest BCUT2D eigenvalue weighted by Crippen LogP contribution is -2.53. The molecule has 0 bridgehead atoms. The first kappa shape index (κ1) is 31.1. The lowest BCUT2D eigenvalue weighted by atomic mass is 10.00. The molecule has 0 aliphatic carbocycles. The van der Waals surface area contributed by atoms with Gasteiger partial charge in [0.15, 0.2) is 0 Å². The zero-order valence-electron chi connectivity index (χ0n) is 23.2. The molecule has 0 heterocycles. The van der Waals surface area contributed by atoms with Crippen molar-refractivity contribution >= 4 is 23.9 Å². The van der Waals surface area contributed by atoms with E-state index in [1.807, 2.05) is 30.3 Å². The summed E-state index contributed by atoms with van der Waals surface area (Å²) in [6.45, 7) is 8.97. The first-order valence-corrected chi connectivity index (χ1v) is 13.0. The van der Waals surface area contributed by atoms with Crippen molar-refractivity contribution < 1.29 is 33.8 Å². The van der Waals surface area contributed by atoms with Crippen molar-refractivity contribution in [3.8, 4) is 5.75 Å². The molecular weight excluding hydrogens is 502 g/mol. The van der Waals surface area contributed by atoms with Gasteiger partial charge in [0.05, 0.1) is 13.0 Å². The molecule has 0 aliphatic rings. The fourth-order valence-electron chi connectivity index (χ4n) is 3.91. The average Bonchev–Trinajstić information content (AvgIpc) is 2.87. The van der Waals surface area contributed by atoms with E-state index in [0.717, 1.165) is 5.56 Å². The van der Waals surface area contributed by atoms with Crippen LogP contribution in [-0.4, -0.2) is 65.2 Å². The summed E-state index contributed by atoms with van der Waals surface area (Å²) in [5, 5.41) is 15.2. The molecule has 10 heteroatoms. The van der Waals surface area contributed by atoms with Gasteiger partial charge >= 0.3 is 12.1 Å². The predicted molar refractivity (Wildman–Crippen MR) is 146 cm³/mol. The van der Waals surface area contributed by atoms with Gasteiger partial charge in [0.1, 0.15) is 23.4 Å². The number of aromatic hydroxyl groups is 1. The Labute approximate surface area is 229 Å². The molecule has 2 atom stereocenters. The second-order valence-corrected chi connectivity index (χ2v) is 9.85. The summed E-state index contributed by atoms with van der Waals surface area (Å²) in [6, 6.07) is 13.0. The van der Waals surface area contributed by atoms with Gasteiger partial charge in [-0.3, -0.25) is 14.4 Å². The van der Waals surface area contributed by atoms with Crippen LogP contribution in [0.4, 0.5) is 4.79 Å². The van der Waals surface area contributed by atoms with E-state index in [2.05, 4.69) is 10.6 Å². The van der Waals surface area contributed by atoms with Gasteiger partial charge in [-0.2, -0.15) is 0 Å². The summed E-state index contributed by atoms with van der Waals surface area (Å²) >= 11 is 0.